The van der Waals surface area contributed by atoms with E-state index in [1.54, 1.807) is 0 Å². The summed E-state index contributed by atoms with van der Waals surface area (Å²) in [7, 11) is 0. The highest BCUT2D eigenvalue weighted by atomic mass is 35.5. The molecule has 0 saturated heterocycles. The van der Waals surface area contributed by atoms with Crippen LogP contribution in [0, 0.1) is 0 Å². The Labute approximate surface area is 82.1 Å². The van der Waals surface area contributed by atoms with Crippen molar-refractivity contribution in [3.8, 4) is 0 Å². The molecule has 0 aromatic heterocycles. The zero-order valence-electron chi connectivity index (χ0n) is 7.07. The highest BCUT2D eigenvalue weighted by molar-refractivity contribution is 6.20. The van der Waals surface area contributed by atoms with Crippen LogP contribution < -0.4 is 5.73 Å². The largest absolute Gasteiger partial charge is 0.312 e. The maximum absolute atomic E-state index is 5.78. The molecule has 1 unspecified atom stereocenters. The van der Waals surface area contributed by atoms with Crippen molar-refractivity contribution >= 4 is 22.4 Å². The van der Waals surface area contributed by atoms with Gasteiger partial charge in [0.2, 0.25) is 0 Å². The summed E-state index contributed by atoms with van der Waals surface area (Å²) in [6.45, 7) is 0. The van der Waals surface area contributed by atoms with E-state index in [1.165, 1.54) is 10.8 Å². The first-order valence-electron chi connectivity index (χ1n) is 4.16. The molecule has 0 heterocycles. The molecule has 2 aromatic rings. The number of hydrogen-bond donors (Lipinski definition) is 1. The van der Waals surface area contributed by atoms with Crippen molar-refractivity contribution in [3.05, 3.63) is 48.0 Å². The molecular weight excluding hydrogens is 182 g/mol. The van der Waals surface area contributed by atoms with E-state index in [-0.39, 0.29) is 0 Å². The van der Waals surface area contributed by atoms with Crippen LogP contribution in [0.3, 0.4) is 0 Å². The molecular formula is C11H10ClN. The first kappa shape index (κ1) is 8.54. The van der Waals surface area contributed by atoms with Crippen LogP contribution >= 0.6 is 11.6 Å². The molecule has 0 amide bonds. The predicted molar refractivity (Wildman–Crippen MR) is 56.7 cm³/mol. The number of fused-ring (bicyclic) bond motifs is 1. The minimum atomic E-state index is -0.412. The molecule has 0 aliphatic heterocycles. The summed E-state index contributed by atoms with van der Waals surface area (Å²) in [5.41, 5.74) is 6.12. The Hall–Kier alpha value is -1.05. The number of halogens is 1. The Morgan fingerprint density at radius 1 is 1.00 bits per heavy atom. The third kappa shape index (κ3) is 1.67. The van der Waals surface area contributed by atoms with Gasteiger partial charge in [-0.2, -0.15) is 0 Å². The number of alkyl halides is 1. The number of hydrogen-bond acceptors (Lipinski definition) is 1. The van der Waals surface area contributed by atoms with E-state index in [2.05, 4.69) is 12.1 Å². The van der Waals surface area contributed by atoms with Crippen LogP contribution in [0.15, 0.2) is 42.5 Å². The van der Waals surface area contributed by atoms with Crippen LogP contribution in [-0.4, -0.2) is 0 Å². The number of rotatable bonds is 1. The van der Waals surface area contributed by atoms with Crippen molar-refractivity contribution < 1.29 is 0 Å². The molecule has 0 spiro atoms. The summed E-state index contributed by atoms with van der Waals surface area (Å²) in [6, 6.07) is 14.2. The fraction of sp³-hybridized carbons (Fsp3) is 0.0909. The second-order valence-electron chi connectivity index (χ2n) is 3.01. The summed E-state index contributed by atoms with van der Waals surface area (Å²) >= 11 is 5.78. The zero-order chi connectivity index (χ0) is 9.26. The van der Waals surface area contributed by atoms with Crippen LogP contribution in [0.1, 0.15) is 11.1 Å². The average molecular weight is 192 g/mol. The van der Waals surface area contributed by atoms with Gasteiger partial charge in [0, 0.05) is 0 Å². The van der Waals surface area contributed by atoms with Gasteiger partial charge in [-0.3, -0.25) is 0 Å². The third-order valence-corrected chi connectivity index (χ3v) is 2.34. The Morgan fingerprint density at radius 2 is 1.69 bits per heavy atom. The van der Waals surface area contributed by atoms with E-state index in [0.29, 0.717) is 0 Å². The lowest BCUT2D eigenvalue weighted by molar-refractivity contribution is 1.02. The molecule has 2 rings (SSSR count). The molecule has 0 fully saturated rings. The molecule has 0 aliphatic rings. The summed E-state index contributed by atoms with van der Waals surface area (Å²) < 4.78 is 0. The third-order valence-electron chi connectivity index (χ3n) is 2.09. The molecule has 1 nitrogen and oxygen atoms in total. The van der Waals surface area contributed by atoms with Crippen molar-refractivity contribution in [2.24, 2.45) is 5.73 Å². The smallest absolute Gasteiger partial charge is 0.106 e. The Balaban J connectivity index is 2.62. The monoisotopic (exact) mass is 191 g/mol. The van der Waals surface area contributed by atoms with Gasteiger partial charge < -0.3 is 5.73 Å². The maximum Gasteiger partial charge on any atom is 0.106 e. The highest BCUT2D eigenvalue weighted by Gasteiger charge is 2.01. The van der Waals surface area contributed by atoms with Gasteiger partial charge in [0.05, 0.1) is 0 Å². The molecule has 2 N–H and O–H groups in total. The van der Waals surface area contributed by atoms with Crippen LogP contribution in [0.25, 0.3) is 10.8 Å². The second kappa shape index (κ2) is 3.36. The van der Waals surface area contributed by atoms with Crippen LogP contribution in [-0.2, 0) is 0 Å². The van der Waals surface area contributed by atoms with Gasteiger partial charge >= 0.3 is 0 Å². The minimum Gasteiger partial charge on any atom is -0.312 e. The fourth-order valence-corrected chi connectivity index (χ4v) is 1.52. The number of nitrogens with two attached hydrogens (primary N) is 1. The molecule has 1 atom stereocenters. The molecule has 0 bridgehead atoms. The van der Waals surface area contributed by atoms with Gasteiger partial charge in [-0.1, -0.05) is 36.4 Å². The van der Waals surface area contributed by atoms with E-state index in [1.807, 2.05) is 30.3 Å². The topological polar surface area (TPSA) is 26.0 Å². The predicted octanol–water partition coefficient (Wildman–Crippen LogP) is 3.04. The standard InChI is InChI=1S/C11H10ClN/c12-11(13)10-6-5-8-3-1-2-4-9(8)7-10/h1-7,11H,13H2. The lowest BCUT2D eigenvalue weighted by Gasteiger charge is -2.04. The minimum absolute atomic E-state index is 0.412. The summed E-state index contributed by atoms with van der Waals surface area (Å²) in [6.07, 6.45) is 0. The van der Waals surface area contributed by atoms with Crippen LogP contribution in [0.2, 0.25) is 0 Å². The Bertz CT molecular complexity index is 423. The van der Waals surface area contributed by atoms with E-state index in [4.69, 9.17) is 17.3 Å². The Morgan fingerprint density at radius 3 is 2.38 bits per heavy atom. The number of benzene rings is 2. The van der Waals surface area contributed by atoms with Crippen molar-refractivity contribution in [2.45, 2.75) is 5.50 Å². The normalized spacial score (nSPS) is 13.1. The van der Waals surface area contributed by atoms with Gasteiger partial charge in [-0.25, -0.2) is 0 Å². The highest BCUT2D eigenvalue weighted by Crippen LogP contribution is 2.20. The summed E-state index contributed by atoms with van der Waals surface area (Å²) in [5.74, 6) is 0. The van der Waals surface area contributed by atoms with Gasteiger partial charge in [0.1, 0.15) is 5.50 Å². The van der Waals surface area contributed by atoms with E-state index >= 15 is 0 Å². The second-order valence-corrected chi connectivity index (χ2v) is 3.48. The molecule has 2 aromatic carbocycles. The summed E-state index contributed by atoms with van der Waals surface area (Å²) in [4.78, 5) is 0. The van der Waals surface area contributed by atoms with Crippen LogP contribution in [0.5, 0.6) is 0 Å². The lowest BCUT2D eigenvalue weighted by Crippen LogP contribution is -2.01. The van der Waals surface area contributed by atoms with Gasteiger partial charge in [-0.05, 0) is 22.4 Å². The van der Waals surface area contributed by atoms with Gasteiger partial charge in [0.25, 0.3) is 0 Å². The van der Waals surface area contributed by atoms with Crippen molar-refractivity contribution in [3.63, 3.8) is 0 Å². The molecule has 0 radical (unpaired) electrons. The van der Waals surface area contributed by atoms with E-state index in [0.717, 1.165) is 5.56 Å². The summed E-state index contributed by atoms with van der Waals surface area (Å²) in [5, 5.41) is 2.39. The quantitative estimate of drug-likeness (QED) is 0.544. The van der Waals surface area contributed by atoms with Crippen molar-refractivity contribution in [1.29, 1.82) is 0 Å². The maximum atomic E-state index is 5.78. The fourth-order valence-electron chi connectivity index (χ4n) is 1.38. The SMILES string of the molecule is NC(Cl)c1ccc2ccccc2c1. The molecule has 2 heteroatoms. The first-order chi connectivity index (χ1) is 6.27. The first-order valence-corrected chi connectivity index (χ1v) is 4.59. The van der Waals surface area contributed by atoms with Crippen LogP contribution in [0.4, 0.5) is 0 Å². The van der Waals surface area contributed by atoms with E-state index in [9.17, 15) is 0 Å². The zero-order valence-corrected chi connectivity index (χ0v) is 7.83. The van der Waals surface area contributed by atoms with Gasteiger partial charge in [-0.15, -0.1) is 11.6 Å². The average Bonchev–Trinajstić information content (AvgIpc) is 2.17. The molecule has 66 valence electrons. The van der Waals surface area contributed by atoms with Crippen molar-refractivity contribution in [1.82, 2.24) is 0 Å². The molecule has 0 aliphatic carbocycles. The Kier molecular flexibility index (Phi) is 2.21. The molecule has 0 saturated carbocycles. The van der Waals surface area contributed by atoms with Gasteiger partial charge in [0.15, 0.2) is 0 Å². The molecule has 13 heavy (non-hydrogen) atoms. The lowest BCUT2D eigenvalue weighted by atomic mass is 10.1. The van der Waals surface area contributed by atoms with Crippen molar-refractivity contribution in [2.75, 3.05) is 0 Å². The van der Waals surface area contributed by atoms with E-state index < -0.39 is 5.50 Å².